The minimum atomic E-state index is 0.0648. The molecule has 5 heteroatoms. The molecule has 0 bridgehead atoms. The molecular weight excluding hydrogens is 222 g/mol. The average molecular weight is 243 g/mol. The molecule has 0 spiro atoms. The summed E-state index contributed by atoms with van der Waals surface area (Å²) < 4.78 is 0. The standard InChI is InChI=1S/C11H21N3OS/c1-8(11(12)16)7-14-5-3-10(4-6-14)13-9(2)15/h8,10H,3-7H2,1-2H3,(H2,12,16)(H,13,15). The zero-order chi connectivity index (χ0) is 12.1. The smallest absolute Gasteiger partial charge is 0.217 e. The Kier molecular flexibility index (Phi) is 5.15. The lowest BCUT2D eigenvalue weighted by atomic mass is 10.0. The molecule has 0 aromatic carbocycles. The summed E-state index contributed by atoms with van der Waals surface area (Å²) in [5.74, 6) is 0.335. The van der Waals surface area contributed by atoms with E-state index in [0.717, 1.165) is 32.5 Å². The van der Waals surface area contributed by atoms with Crippen LogP contribution in [0.1, 0.15) is 26.7 Å². The molecule has 1 amide bonds. The van der Waals surface area contributed by atoms with E-state index >= 15 is 0 Å². The number of nitrogens with one attached hydrogen (secondary N) is 1. The molecule has 1 aliphatic rings. The summed E-state index contributed by atoms with van der Waals surface area (Å²) in [6.45, 7) is 6.58. The molecule has 0 saturated carbocycles. The molecule has 0 aromatic heterocycles. The maximum Gasteiger partial charge on any atom is 0.217 e. The second-order valence-electron chi connectivity index (χ2n) is 4.58. The molecule has 4 nitrogen and oxygen atoms in total. The Balaban J connectivity index is 2.26. The van der Waals surface area contributed by atoms with Gasteiger partial charge in [-0.15, -0.1) is 0 Å². The van der Waals surface area contributed by atoms with Gasteiger partial charge in [0.2, 0.25) is 5.91 Å². The van der Waals surface area contributed by atoms with Crippen molar-refractivity contribution in [1.29, 1.82) is 0 Å². The highest BCUT2D eigenvalue weighted by Gasteiger charge is 2.21. The molecule has 92 valence electrons. The fourth-order valence-corrected chi connectivity index (χ4v) is 2.10. The third kappa shape index (κ3) is 4.45. The highest BCUT2D eigenvalue weighted by atomic mass is 32.1. The zero-order valence-electron chi connectivity index (χ0n) is 10.0. The first-order chi connectivity index (χ1) is 7.49. The van der Waals surface area contributed by atoms with Gasteiger partial charge in [-0.1, -0.05) is 19.1 Å². The first kappa shape index (κ1) is 13.4. The van der Waals surface area contributed by atoms with Crippen LogP contribution < -0.4 is 11.1 Å². The van der Waals surface area contributed by atoms with Crippen molar-refractivity contribution >= 4 is 23.1 Å². The van der Waals surface area contributed by atoms with Crippen LogP contribution in [-0.4, -0.2) is 41.5 Å². The minimum Gasteiger partial charge on any atom is -0.393 e. The summed E-state index contributed by atoms with van der Waals surface area (Å²) in [5, 5.41) is 2.96. The third-order valence-electron chi connectivity index (χ3n) is 3.01. The number of likely N-dealkylation sites (tertiary alicyclic amines) is 1. The Morgan fingerprint density at radius 2 is 2.12 bits per heavy atom. The van der Waals surface area contributed by atoms with Gasteiger partial charge in [-0.3, -0.25) is 4.79 Å². The van der Waals surface area contributed by atoms with Crippen LogP contribution in [0.25, 0.3) is 0 Å². The van der Waals surface area contributed by atoms with E-state index in [1.807, 2.05) is 0 Å². The Morgan fingerprint density at radius 3 is 2.56 bits per heavy atom. The normalized spacial score (nSPS) is 20.4. The number of piperidine rings is 1. The molecular formula is C11H21N3OS. The SMILES string of the molecule is CC(=O)NC1CCN(CC(C)C(N)=S)CC1. The number of rotatable bonds is 4. The predicted molar refractivity (Wildman–Crippen MR) is 69.2 cm³/mol. The van der Waals surface area contributed by atoms with E-state index in [9.17, 15) is 4.79 Å². The van der Waals surface area contributed by atoms with Gasteiger partial charge in [0.25, 0.3) is 0 Å². The van der Waals surface area contributed by atoms with Gasteiger partial charge < -0.3 is 16.0 Å². The monoisotopic (exact) mass is 243 g/mol. The van der Waals surface area contributed by atoms with Gasteiger partial charge in [-0.05, 0) is 12.8 Å². The van der Waals surface area contributed by atoms with Crippen LogP contribution in [0.15, 0.2) is 0 Å². The van der Waals surface area contributed by atoms with Crippen LogP contribution >= 0.6 is 12.2 Å². The van der Waals surface area contributed by atoms with Gasteiger partial charge in [0.15, 0.2) is 0 Å². The van der Waals surface area contributed by atoms with Crippen LogP contribution in [0, 0.1) is 5.92 Å². The topological polar surface area (TPSA) is 58.4 Å². The van der Waals surface area contributed by atoms with Crippen LogP contribution in [0.2, 0.25) is 0 Å². The maximum atomic E-state index is 10.9. The molecule has 0 radical (unpaired) electrons. The number of thiocarbonyl (C=S) groups is 1. The van der Waals surface area contributed by atoms with Crippen LogP contribution in [0.4, 0.5) is 0 Å². The summed E-state index contributed by atoms with van der Waals surface area (Å²) in [4.78, 5) is 13.9. The van der Waals surface area contributed by atoms with E-state index in [2.05, 4.69) is 17.1 Å². The molecule has 0 aromatic rings. The highest BCUT2D eigenvalue weighted by molar-refractivity contribution is 7.80. The van der Waals surface area contributed by atoms with Gasteiger partial charge in [0, 0.05) is 38.5 Å². The van der Waals surface area contributed by atoms with Crippen LogP contribution in [0.3, 0.4) is 0 Å². The summed E-state index contributed by atoms with van der Waals surface area (Å²) in [6, 6.07) is 0.342. The van der Waals surface area contributed by atoms with Gasteiger partial charge in [0.05, 0.1) is 4.99 Å². The van der Waals surface area contributed by atoms with E-state index < -0.39 is 0 Å². The molecule has 1 rings (SSSR count). The average Bonchev–Trinajstić information content (AvgIpc) is 2.20. The van der Waals surface area contributed by atoms with Gasteiger partial charge in [-0.2, -0.15) is 0 Å². The number of carbonyl (C=O) groups excluding carboxylic acids is 1. The van der Waals surface area contributed by atoms with Crippen molar-refractivity contribution in [3.05, 3.63) is 0 Å². The van der Waals surface area contributed by atoms with E-state index in [4.69, 9.17) is 18.0 Å². The van der Waals surface area contributed by atoms with Crippen LogP contribution in [0.5, 0.6) is 0 Å². The lowest BCUT2D eigenvalue weighted by Gasteiger charge is -2.33. The lowest BCUT2D eigenvalue weighted by molar-refractivity contribution is -0.119. The summed E-state index contributed by atoms with van der Waals surface area (Å²) in [7, 11) is 0. The molecule has 1 fully saturated rings. The molecule has 1 heterocycles. The van der Waals surface area contributed by atoms with Gasteiger partial charge in [0.1, 0.15) is 0 Å². The summed E-state index contributed by atoms with van der Waals surface area (Å²) in [5.41, 5.74) is 5.59. The van der Waals surface area contributed by atoms with Crippen molar-refractivity contribution in [2.24, 2.45) is 11.7 Å². The van der Waals surface area contributed by atoms with E-state index in [1.54, 1.807) is 6.92 Å². The largest absolute Gasteiger partial charge is 0.393 e. The fourth-order valence-electron chi connectivity index (χ4n) is 2.02. The van der Waals surface area contributed by atoms with Crippen molar-refractivity contribution in [1.82, 2.24) is 10.2 Å². The lowest BCUT2D eigenvalue weighted by Crippen LogP contribution is -2.46. The second kappa shape index (κ2) is 6.15. The van der Waals surface area contributed by atoms with Crippen molar-refractivity contribution in [3.8, 4) is 0 Å². The first-order valence-electron chi connectivity index (χ1n) is 5.78. The number of hydrogen-bond donors (Lipinski definition) is 2. The molecule has 16 heavy (non-hydrogen) atoms. The quantitative estimate of drug-likeness (QED) is 0.706. The number of amides is 1. The van der Waals surface area contributed by atoms with Crippen molar-refractivity contribution in [2.45, 2.75) is 32.7 Å². The number of hydrogen-bond acceptors (Lipinski definition) is 3. The van der Waals surface area contributed by atoms with E-state index in [0.29, 0.717) is 11.0 Å². The maximum absolute atomic E-state index is 10.9. The van der Waals surface area contributed by atoms with Gasteiger partial charge >= 0.3 is 0 Å². The van der Waals surface area contributed by atoms with Crippen molar-refractivity contribution in [3.63, 3.8) is 0 Å². The Morgan fingerprint density at radius 1 is 1.56 bits per heavy atom. The van der Waals surface area contributed by atoms with E-state index in [-0.39, 0.29) is 11.8 Å². The molecule has 1 aliphatic heterocycles. The molecule has 0 aliphatic carbocycles. The predicted octanol–water partition coefficient (Wildman–Crippen LogP) is 0.509. The van der Waals surface area contributed by atoms with Crippen molar-refractivity contribution < 1.29 is 4.79 Å². The van der Waals surface area contributed by atoms with Crippen molar-refractivity contribution in [2.75, 3.05) is 19.6 Å². The number of nitrogens with zero attached hydrogens (tertiary/aromatic N) is 1. The summed E-state index contributed by atoms with van der Waals surface area (Å²) in [6.07, 6.45) is 2.03. The Hall–Kier alpha value is -0.680. The summed E-state index contributed by atoms with van der Waals surface area (Å²) >= 11 is 4.96. The Labute approximate surface area is 103 Å². The fraction of sp³-hybridized carbons (Fsp3) is 0.818. The molecule has 1 saturated heterocycles. The molecule has 1 atom stereocenters. The zero-order valence-corrected chi connectivity index (χ0v) is 10.8. The van der Waals surface area contributed by atoms with E-state index in [1.165, 1.54) is 0 Å². The number of nitrogens with two attached hydrogens (primary N) is 1. The van der Waals surface area contributed by atoms with Crippen LogP contribution in [-0.2, 0) is 4.79 Å². The molecule has 1 unspecified atom stereocenters. The number of carbonyl (C=O) groups is 1. The first-order valence-corrected chi connectivity index (χ1v) is 6.18. The molecule has 3 N–H and O–H groups in total. The third-order valence-corrected chi connectivity index (χ3v) is 3.42. The highest BCUT2D eigenvalue weighted by Crippen LogP contribution is 2.12. The second-order valence-corrected chi connectivity index (χ2v) is 5.05. The Bertz CT molecular complexity index is 262. The van der Waals surface area contributed by atoms with Gasteiger partial charge in [-0.25, -0.2) is 0 Å². The minimum absolute atomic E-state index is 0.0648.